The summed E-state index contributed by atoms with van der Waals surface area (Å²) in [5.41, 5.74) is 0. The maximum atomic E-state index is 3.53. The van der Waals surface area contributed by atoms with Gasteiger partial charge in [-0.2, -0.15) is 0 Å². The molecular formula is C10H26N2Si. The van der Waals surface area contributed by atoms with Gasteiger partial charge in [0.25, 0.3) is 0 Å². The molecule has 0 aliphatic rings. The predicted molar refractivity (Wildman–Crippen MR) is 64.2 cm³/mol. The van der Waals surface area contributed by atoms with Gasteiger partial charge < -0.3 is 10.6 Å². The van der Waals surface area contributed by atoms with Gasteiger partial charge in [-0.1, -0.05) is 40.7 Å². The minimum absolute atomic E-state index is 0.0366. The van der Waals surface area contributed by atoms with Gasteiger partial charge in [-0.05, 0) is 18.1 Å². The second kappa shape index (κ2) is 6.57. The Balaban J connectivity index is 4.13. The molecule has 0 atom stereocenters. The van der Waals surface area contributed by atoms with Gasteiger partial charge in [0.1, 0.15) is 0 Å². The Hall–Kier alpha value is 0.137. The van der Waals surface area contributed by atoms with E-state index in [4.69, 9.17) is 0 Å². The van der Waals surface area contributed by atoms with Crippen LogP contribution in [-0.2, 0) is 0 Å². The van der Waals surface area contributed by atoms with Crippen molar-refractivity contribution < 1.29 is 0 Å². The van der Waals surface area contributed by atoms with Gasteiger partial charge in [0.15, 0.2) is 0 Å². The molecule has 0 aromatic heterocycles. The maximum absolute atomic E-state index is 3.53. The van der Waals surface area contributed by atoms with Crippen LogP contribution < -0.4 is 10.6 Å². The Bertz CT molecular complexity index is 120. The molecule has 2 N–H and O–H groups in total. The van der Waals surface area contributed by atoms with Crippen LogP contribution in [0, 0.1) is 0 Å². The molecule has 13 heavy (non-hydrogen) atoms. The van der Waals surface area contributed by atoms with E-state index in [1.165, 1.54) is 6.04 Å². The van der Waals surface area contributed by atoms with Gasteiger partial charge >= 0.3 is 0 Å². The molecule has 80 valence electrons. The van der Waals surface area contributed by atoms with Crippen molar-refractivity contribution in [2.75, 3.05) is 13.1 Å². The lowest BCUT2D eigenvalue weighted by Gasteiger charge is -2.35. The SMILES string of the molecule is CCNC(NCC)C(C)(C)[SiH2]CC. The molecule has 0 rings (SSSR count). The summed E-state index contributed by atoms with van der Waals surface area (Å²) in [5, 5.41) is 7.55. The lowest BCUT2D eigenvalue weighted by atomic mass is 10.1. The zero-order chi connectivity index (χ0) is 10.3. The fourth-order valence-corrected chi connectivity index (χ4v) is 3.69. The van der Waals surface area contributed by atoms with Crippen LogP contribution in [0.4, 0.5) is 0 Å². The first-order chi connectivity index (χ1) is 6.08. The summed E-state index contributed by atoms with van der Waals surface area (Å²) in [4.78, 5) is 0. The van der Waals surface area contributed by atoms with E-state index in [0.717, 1.165) is 13.1 Å². The largest absolute Gasteiger partial charge is 0.302 e. The lowest BCUT2D eigenvalue weighted by molar-refractivity contribution is 0.358. The van der Waals surface area contributed by atoms with Crippen LogP contribution in [0.3, 0.4) is 0 Å². The first-order valence-corrected chi connectivity index (χ1v) is 7.26. The average molecular weight is 202 g/mol. The van der Waals surface area contributed by atoms with Crippen molar-refractivity contribution >= 4 is 9.52 Å². The van der Waals surface area contributed by atoms with Crippen molar-refractivity contribution in [2.45, 2.75) is 51.9 Å². The normalized spacial score (nSPS) is 13.4. The quantitative estimate of drug-likeness (QED) is 0.481. The summed E-state index contributed by atoms with van der Waals surface area (Å²) in [6, 6.07) is 1.39. The molecule has 0 aliphatic heterocycles. The van der Waals surface area contributed by atoms with E-state index in [2.05, 4.69) is 45.3 Å². The van der Waals surface area contributed by atoms with E-state index in [-0.39, 0.29) is 9.52 Å². The molecule has 2 nitrogen and oxygen atoms in total. The number of hydrogen-bond acceptors (Lipinski definition) is 2. The van der Waals surface area contributed by atoms with Gasteiger partial charge in [-0.25, -0.2) is 0 Å². The Morgan fingerprint density at radius 1 is 1.08 bits per heavy atom. The Morgan fingerprint density at radius 3 is 1.85 bits per heavy atom. The van der Waals surface area contributed by atoms with Crippen LogP contribution in [-0.4, -0.2) is 28.8 Å². The van der Waals surface area contributed by atoms with Crippen LogP contribution in [0.5, 0.6) is 0 Å². The molecule has 0 fully saturated rings. The highest BCUT2D eigenvalue weighted by Crippen LogP contribution is 2.27. The highest BCUT2D eigenvalue weighted by atomic mass is 28.2. The third-order valence-corrected chi connectivity index (χ3v) is 4.69. The summed E-state index contributed by atoms with van der Waals surface area (Å²) >= 11 is 0. The second-order valence-electron chi connectivity index (χ2n) is 4.29. The zero-order valence-corrected chi connectivity index (χ0v) is 11.3. The van der Waals surface area contributed by atoms with Crippen LogP contribution >= 0.6 is 0 Å². The van der Waals surface area contributed by atoms with E-state index in [9.17, 15) is 0 Å². The third-order valence-electron chi connectivity index (χ3n) is 2.49. The van der Waals surface area contributed by atoms with Gasteiger partial charge in [-0.15, -0.1) is 0 Å². The van der Waals surface area contributed by atoms with E-state index in [1.54, 1.807) is 0 Å². The van der Waals surface area contributed by atoms with E-state index in [1.807, 2.05) is 0 Å². The van der Waals surface area contributed by atoms with E-state index in [0.29, 0.717) is 11.2 Å². The fourth-order valence-electron chi connectivity index (χ4n) is 1.82. The highest BCUT2D eigenvalue weighted by Gasteiger charge is 2.27. The van der Waals surface area contributed by atoms with Crippen molar-refractivity contribution in [1.82, 2.24) is 10.6 Å². The fraction of sp³-hybridized carbons (Fsp3) is 1.00. The van der Waals surface area contributed by atoms with Gasteiger partial charge in [0.2, 0.25) is 0 Å². The molecule has 0 spiro atoms. The predicted octanol–water partition coefficient (Wildman–Crippen LogP) is 1.34. The molecule has 0 aromatic rings. The van der Waals surface area contributed by atoms with Crippen LogP contribution in [0.1, 0.15) is 34.6 Å². The van der Waals surface area contributed by atoms with E-state index < -0.39 is 0 Å². The topological polar surface area (TPSA) is 24.1 Å². The van der Waals surface area contributed by atoms with Crippen molar-refractivity contribution in [2.24, 2.45) is 0 Å². The van der Waals surface area contributed by atoms with Crippen molar-refractivity contribution in [3.63, 3.8) is 0 Å². The van der Waals surface area contributed by atoms with Crippen LogP contribution in [0.15, 0.2) is 0 Å². The van der Waals surface area contributed by atoms with Gasteiger partial charge in [0, 0.05) is 9.52 Å². The van der Waals surface area contributed by atoms with Crippen molar-refractivity contribution in [3.8, 4) is 0 Å². The summed E-state index contributed by atoms with van der Waals surface area (Å²) in [7, 11) is 0.0366. The molecule has 0 heterocycles. The second-order valence-corrected chi connectivity index (χ2v) is 7.61. The molecule has 0 saturated carbocycles. The maximum Gasteiger partial charge on any atom is 0.0593 e. The number of rotatable bonds is 7. The first-order valence-electron chi connectivity index (χ1n) is 5.55. The molecule has 0 radical (unpaired) electrons. The van der Waals surface area contributed by atoms with E-state index >= 15 is 0 Å². The minimum Gasteiger partial charge on any atom is -0.302 e. The Morgan fingerprint density at radius 2 is 1.54 bits per heavy atom. The standard InChI is InChI=1S/C10H26N2Si/c1-6-11-9(12-7-2)10(4,5)13-8-3/h9,11-12H,6-8,13H2,1-5H3. The molecule has 0 amide bonds. The third kappa shape index (κ3) is 4.79. The Labute approximate surface area is 85.7 Å². The summed E-state index contributed by atoms with van der Waals surface area (Å²) in [6.45, 7) is 13.5. The molecule has 0 saturated heterocycles. The molecule has 0 aliphatic carbocycles. The van der Waals surface area contributed by atoms with Gasteiger partial charge in [0.05, 0.1) is 6.17 Å². The molecule has 0 bridgehead atoms. The van der Waals surface area contributed by atoms with Crippen molar-refractivity contribution in [3.05, 3.63) is 0 Å². The lowest BCUT2D eigenvalue weighted by Crippen LogP contribution is -2.50. The van der Waals surface area contributed by atoms with Crippen LogP contribution in [0.2, 0.25) is 11.1 Å². The number of hydrogen-bond donors (Lipinski definition) is 2. The highest BCUT2D eigenvalue weighted by molar-refractivity contribution is 6.39. The van der Waals surface area contributed by atoms with Gasteiger partial charge in [-0.3, -0.25) is 0 Å². The molecule has 0 aromatic carbocycles. The summed E-state index contributed by atoms with van der Waals surface area (Å²) in [6.07, 6.45) is 0.508. The summed E-state index contributed by atoms with van der Waals surface area (Å²) in [5.74, 6) is 0. The molecule has 3 heteroatoms. The summed E-state index contributed by atoms with van der Waals surface area (Å²) < 4.78 is 0. The number of nitrogens with one attached hydrogen (secondary N) is 2. The average Bonchev–Trinajstić information content (AvgIpc) is 2.04. The van der Waals surface area contributed by atoms with Crippen molar-refractivity contribution in [1.29, 1.82) is 0 Å². The molecule has 0 unspecified atom stereocenters. The monoisotopic (exact) mass is 202 g/mol. The zero-order valence-electron chi connectivity index (χ0n) is 9.91. The minimum atomic E-state index is 0.0366. The first kappa shape index (κ1) is 13.1. The van der Waals surface area contributed by atoms with Crippen LogP contribution in [0.25, 0.3) is 0 Å². The molecular weight excluding hydrogens is 176 g/mol. The Kier molecular flexibility index (Phi) is 6.64. The smallest absolute Gasteiger partial charge is 0.0593 e.